The van der Waals surface area contributed by atoms with Gasteiger partial charge in [0.2, 0.25) is 0 Å². The molecular formula is C29H38N6O9PTl. The van der Waals surface area contributed by atoms with E-state index in [1.165, 1.54) is 24.7 Å². The van der Waals surface area contributed by atoms with Gasteiger partial charge in [-0.25, -0.2) is 0 Å². The first-order valence-corrected chi connectivity index (χ1v) is 18.4. The number of esters is 1. The van der Waals surface area contributed by atoms with Crippen LogP contribution in [0.3, 0.4) is 0 Å². The van der Waals surface area contributed by atoms with E-state index in [1.54, 1.807) is 42.5 Å². The first kappa shape index (κ1) is 35.9. The van der Waals surface area contributed by atoms with Crippen molar-refractivity contribution in [3.8, 4) is 11.6 Å². The molecule has 0 spiro atoms. The maximum atomic E-state index is 14.0. The average Bonchev–Trinajstić information content (AvgIpc) is 3.55. The summed E-state index contributed by atoms with van der Waals surface area (Å²) in [5, 5.41) is 25.2. The Morgan fingerprint density at radius 3 is 2.67 bits per heavy atom. The third-order valence-electron chi connectivity index (χ3n) is 6.97. The number of rotatable bonds is 18. The first-order valence-electron chi connectivity index (χ1n) is 14.6. The predicted molar refractivity (Wildman–Crippen MR) is 169 cm³/mol. The zero-order valence-electron chi connectivity index (χ0n) is 25.7. The van der Waals surface area contributed by atoms with E-state index in [1.807, 2.05) is 0 Å². The van der Waals surface area contributed by atoms with Crippen LogP contribution in [0, 0.1) is 0 Å². The topological polar surface area (TPSA) is 188 Å². The Balaban J connectivity index is 1.54. The van der Waals surface area contributed by atoms with Crippen molar-refractivity contribution in [3.05, 3.63) is 62.0 Å². The number of carbonyl (C=O) groups is 1. The molecule has 4 rings (SSSR count). The summed E-state index contributed by atoms with van der Waals surface area (Å²) in [6.07, 6.45) is 2.82. The molecule has 1 aliphatic rings. The van der Waals surface area contributed by atoms with Crippen molar-refractivity contribution in [1.82, 2.24) is 24.6 Å². The Kier molecular flexibility index (Phi) is 12.7. The number of carbonyl (C=O) groups excluding carboxylic acids is 1. The van der Waals surface area contributed by atoms with Crippen molar-refractivity contribution < 1.29 is 42.8 Å². The Bertz CT molecular complexity index is 1540. The van der Waals surface area contributed by atoms with Gasteiger partial charge < -0.3 is 4.74 Å². The summed E-state index contributed by atoms with van der Waals surface area (Å²) < 4.78 is 47.0. The molecule has 0 aliphatic carbocycles. The molecule has 1 saturated heterocycles. The number of aliphatic hydroxyl groups is 2. The summed E-state index contributed by atoms with van der Waals surface area (Å²) >= 11 is 0.332. The third-order valence-corrected chi connectivity index (χ3v) is 9.61. The number of para-hydroxylation sites is 1. The van der Waals surface area contributed by atoms with Crippen molar-refractivity contribution in [1.29, 1.82) is 0 Å². The molecule has 2 unspecified atom stereocenters. The van der Waals surface area contributed by atoms with E-state index < -0.39 is 50.4 Å². The number of nitrogens with one attached hydrogen (secondary N) is 2. The van der Waals surface area contributed by atoms with Gasteiger partial charge in [-0.3, -0.25) is 4.79 Å². The zero-order chi connectivity index (χ0) is 33.3. The van der Waals surface area contributed by atoms with Crippen LogP contribution in [0.5, 0.6) is 11.6 Å². The van der Waals surface area contributed by atoms with Crippen LogP contribution in [-0.4, -0.2) is 105 Å². The Hall–Kier alpha value is -2.93. The number of hydrogen-bond donors (Lipinski definition) is 4. The fourth-order valence-electron chi connectivity index (χ4n) is 4.54. The molecule has 0 saturated carbocycles. The van der Waals surface area contributed by atoms with E-state index in [0.717, 1.165) is 0 Å². The SMILES string of the molecule is C=CCCCOC(=O)[C@H](C)N[P@@](=O)(OCC1OC(n2cnc3c(OCCC=C)nc([NH][Tl])nc32)[C@](C)(O)[C@@H]1O)Oc1ccccc1. The fraction of sp³-hybridized carbons (Fsp3) is 0.448. The van der Waals surface area contributed by atoms with Gasteiger partial charge in [0, 0.05) is 0 Å². The van der Waals surface area contributed by atoms with Crippen LogP contribution in [0.2, 0.25) is 0 Å². The summed E-state index contributed by atoms with van der Waals surface area (Å²) in [5.74, 6) is 0.104. The van der Waals surface area contributed by atoms with Crippen molar-refractivity contribution >= 4 is 56.9 Å². The zero-order valence-corrected chi connectivity index (χ0v) is 31.0. The van der Waals surface area contributed by atoms with Gasteiger partial charge in [0.25, 0.3) is 0 Å². The van der Waals surface area contributed by atoms with Crippen LogP contribution in [0.4, 0.5) is 5.95 Å². The smallest absolute Gasteiger partial charge is 0.0620 e. The fourth-order valence-corrected chi connectivity index (χ4v) is 6.55. The molecule has 46 heavy (non-hydrogen) atoms. The van der Waals surface area contributed by atoms with E-state index in [9.17, 15) is 19.6 Å². The van der Waals surface area contributed by atoms with Gasteiger partial charge >= 0.3 is 193 Å². The van der Waals surface area contributed by atoms with Gasteiger partial charge in [-0.2, -0.15) is 0 Å². The number of imidazole rings is 1. The van der Waals surface area contributed by atoms with Crippen molar-refractivity contribution in [2.75, 3.05) is 22.9 Å². The molecule has 17 heteroatoms. The molecule has 0 amide bonds. The van der Waals surface area contributed by atoms with E-state index >= 15 is 0 Å². The van der Waals surface area contributed by atoms with Crippen LogP contribution in [0.1, 0.15) is 39.3 Å². The Labute approximate surface area is 283 Å². The predicted octanol–water partition coefficient (Wildman–Crippen LogP) is 2.98. The molecule has 6 atom stereocenters. The molecule has 246 valence electrons. The van der Waals surface area contributed by atoms with E-state index in [0.29, 0.717) is 69.0 Å². The summed E-state index contributed by atoms with van der Waals surface area (Å²) in [5.41, 5.74) is -1.24. The quantitative estimate of drug-likeness (QED) is 0.0481. The first-order chi connectivity index (χ1) is 22.0. The number of hydrogen-bond acceptors (Lipinski definition) is 13. The second kappa shape index (κ2) is 16.3. The Morgan fingerprint density at radius 2 is 1.98 bits per heavy atom. The molecule has 1 fully saturated rings. The number of fused-ring (bicyclic) bond motifs is 1. The van der Waals surface area contributed by atoms with Gasteiger partial charge in [0.1, 0.15) is 11.8 Å². The molecule has 1 aliphatic heterocycles. The molecule has 15 nitrogen and oxygen atoms in total. The van der Waals surface area contributed by atoms with Crippen molar-refractivity contribution in [2.24, 2.45) is 0 Å². The molecular weight excluding hydrogens is 812 g/mol. The summed E-state index contributed by atoms with van der Waals surface area (Å²) in [7, 11) is -4.27. The molecule has 0 radical (unpaired) electrons. The summed E-state index contributed by atoms with van der Waals surface area (Å²) in [6.45, 7) is 10.2. The van der Waals surface area contributed by atoms with Gasteiger partial charge in [0.05, 0.1) is 6.61 Å². The molecule has 3 heterocycles. The summed E-state index contributed by atoms with van der Waals surface area (Å²) in [4.78, 5) is 25.9. The number of anilines is 1. The van der Waals surface area contributed by atoms with Gasteiger partial charge in [-0.1, -0.05) is 24.3 Å². The van der Waals surface area contributed by atoms with Crippen LogP contribution in [0.25, 0.3) is 11.2 Å². The monoisotopic (exact) mass is 850 g/mol. The third kappa shape index (κ3) is 8.70. The van der Waals surface area contributed by atoms with Crippen LogP contribution >= 0.6 is 7.75 Å². The average molecular weight is 850 g/mol. The van der Waals surface area contributed by atoms with E-state index in [-0.39, 0.29) is 18.2 Å². The molecule has 0 bridgehead atoms. The number of allylic oxidation sites excluding steroid dienone is 1. The van der Waals surface area contributed by atoms with Gasteiger partial charge in [0.15, 0.2) is 0 Å². The minimum Gasteiger partial charge on any atom is -0.0620 e. The minimum absolute atomic E-state index is 0.161. The van der Waals surface area contributed by atoms with Crippen molar-refractivity contribution in [2.45, 2.75) is 63.2 Å². The molecule has 4 N–H and O–H groups in total. The number of ether oxygens (including phenoxy) is 3. The Morgan fingerprint density at radius 1 is 1.24 bits per heavy atom. The van der Waals surface area contributed by atoms with Crippen LogP contribution in [-0.2, 0) is 23.4 Å². The van der Waals surface area contributed by atoms with Gasteiger partial charge in [-0.05, 0) is 31.9 Å². The van der Waals surface area contributed by atoms with Crippen molar-refractivity contribution in [3.63, 3.8) is 0 Å². The second-order valence-electron chi connectivity index (χ2n) is 10.6. The second-order valence-corrected chi connectivity index (χ2v) is 13.4. The number of nitrogens with zero attached hydrogens (tertiary/aromatic N) is 4. The van der Waals surface area contributed by atoms with Crippen LogP contribution < -0.4 is 17.5 Å². The summed E-state index contributed by atoms with van der Waals surface area (Å²) in [6, 6.07) is 7.18. The molecule has 1 aromatic carbocycles. The van der Waals surface area contributed by atoms with Crippen LogP contribution in [0.15, 0.2) is 62.0 Å². The number of unbranched alkanes of at least 4 members (excludes halogenated alkanes) is 1. The number of benzene rings is 1. The van der Waals surface area contributed by atoms with E-state index in [4.69, 9.17) is 23.3 Å². The standard InChI is InChI=1S/C29H38N6O9P.Tl/c1-5-7-12-16-41-26(37)19(3)34-45(39,44-20-13-10-9-11-14-20)42-17-21-23(36)29(4,38)27(43-21)35-18-31-22-24(35)32-28(30)33-25(22)40-15-8-6-2;/h5-6,9-11,13-14,18-19,21,23,27,36,38H,1-2,7-8,12,15-17H2,3-4H3,(H2-,30,32,33,34,39);/q-1;+1/t19-,21?,23+,27?,29+,45+;/m0./s1. The maximum absolute atomic E-state index is 14.0. The molecule has 3 aromatic rings. The molecule has 2 aromatic heterocycles. The van der Waals surface area contributed by atoms with Gasteiger partial charge in [-0.15, -0.1) is 6.58 Å². The normalized spacial score (nSPS) is 22.9. The van der Waals surface area contributed by atoms with E-state index in [2.05, 4.69) is 36.3 Å². The number of aliphatic hydroxyl groups excluding tert-OH is 1. The number of aromatic nitrogens is 4. The minimum atomic E-state index is -4.27.